The maximum Gasteiger partial charge on any atom is 0.256 e. The number of fused-ring (bicyclic) bond motifs is 2. The molecule has 0 unspecified atom stereocenters. The van der Waals surface area contributed by atoms with Crippen molar-refractivity contribution in [3.63, 3.8) is 0 Å². The van der Waals surface area contributed by atoms with Crippen molar-refractivity contribution in [3.8, 4) is 5.75 Å². The lowest BCUT2D eigenvalue weighted by molar-refractivity contribution is 0.0996. The Bertz CT molecular complexity index is 1510. The van der Waals surface area contributed by atoms with E-state index in [0.29, 0.717) is 16.8 Å². The number of carbonyl (C=O) groups is 2. The second-order valence-corrected chi connectivity index (χ2v) is 9.73. The van der Waals surface area contributed by atoms with Gasteiger partial charge in [0.1, 0.15) is 5.75 Å². The number of nitrogens with one attached hydrogen (secondary N) is 1. The number of Topliss-reactive ketones (excluding diaryl/α,β-unsaturated/α-hetero) is 1. The minimum absolute atomic E-state index is 0.0542. The standard InChI is InChI=1S/C31H28N2O3/c1-31(2)19-22-14-15-24(36-3)17-27(22)28(33-31)18-29(34)21-10-6-11-23(16-21)32-30(35)26-13-7-9-20-8-4-5-12-25(20)26/h4-17H,18-19H2,1-3H3,(H,32,35). The van der Waals surface area contributed by atoms with Gasteiger partial charge in [0.2, 0.25) is 0 Å². The highest BCUT2D eigenvalue weighted by Crippen LogP contribution is 2.31. The van der Waals surface area contributed by atoms with Crippen LogP contribution in [-0.2, 0) is 6.42 Å². The lowest BCUT2D eigenvalue weighted by atomic mass is 9.85. The number of benzene rings is 4. The molecule has 0 radical (unpaired) electrons. The van der Waals surface area contributed by atoms with Gasteiger partial charge in [-0.05, 0) is 66.9 Å². The van der Waals surface area contributed by atoms with Crippen LogP contribution in [0.4, 0.5) is 5.69 Å². The Balaban J connectivity index is 1.38. The summed E-state index contributed by atoms with van der Waals surface area (Å²) in [6.07, 6.45) is 0.976. The molecular weight excluding hydrogens is 448 g/mol. The van der Waals surface area contributed by atoms with Crippen LogP contribution >= 0.6 is 0 Å². The third-order valence-corrected chi connectivity index (χ3v) is 6.49. The Labute approximate surface area is 210 Å². The molecule has 1 N–H and O–H groups in total. The van der Waals surface area contributed by atoms with Crippen molar-refractivity contribution >= 4 is 33.9 Å². The van der Waals surface area contributed by atoms with Gasteiger partial charge in [-0.3, -0.25) is 14.6 Å². The summed E-state index contributed by atoms with van der Waals surface area (Å²) in [5.74, 6) is 0.476. The molecule has 0 aromatic heterocycles. The monoisotopic (exact) mass is 476 g/mol. The van der Waals surface area contributed by atoms with E-state index in [-0.39, 0.29) is 23.7 Å². The molecule has 0 bridgehead atoms. The summed E-state index contributed by atoms with van der Waals surface area (Å²) < 4.78 is 5.41. The third-order valence-electron chi connectivity index (χ3n) is 6.49. The summed E-state index contributed by atoms with van der Waals surface area (Å²) in [6.45, 7) is 4.15. The van der Waals surface area contributed by atoms with Gasteiger partial charge in [0.05, 0.1) is 24.8 Å². The van der Waals surface area contributed by atoms with Crippen molar-refractivity contribution in [2.24, 2.45) is 4.99 Å². The molecule has 1 heterocycles. The molecule has 4 aromatic carbocycles. The van der Waals surface area contributed by atoms with Crippen molar-refractivity contribution < 1.29 is 14.3 Å². The van der Waals surface area contributed by atoms with Crippen molar-refractivity contribution in [2.75, 3.05) is 12.4 Å². The van der Waals surface area contributed by atoms with Gasteiger partial charge in [-0.25, -0.2) is 0 Å². The van der Waals surface area contributed by atoms with Gasteiger partial charge in [0, 0.05) is 22.4 Å². The molecule has 180 valence electrons. The van der Waals surface area contributed by atoms with Crippen LogP contribution in [0.2, 0.25) is 0 Å². The first-order valence-electron chi connectivity index (χ1n) is 12.0. The average Bonchev–Trinajstić information content (AvgIpc) is 2.87. The molecule has 4 aromatic rings. The maximum atomic E-state index is 13.3. The molecule has 1 aliphatic rings. The van der Waals surface area contributed by atoms with Crippen LogP contribution in [0.3, 0.4) is 0 Å². The van der Waals surface area contributed by atoms with Crippen molar-refractivity contribution in [1.82, 2.24) is 0 Å². The largest absolute Gasteiger partial charge is 0.497 e. The first-order valence-corrected chi connectivity index (χ1v) is 12.0. The zero-order chi connectivity index (χ0) is 25.3. The van der Waals surface area contributed by atoms with Crippen LogP contribution in [0, 0.1) is 0 Å². The lowest BCUT2D eigenvalue weighted by Gasteiger charge is -2.29. The number of aliphatic imine (C=N–C) groups is 1. The number of ketones is 1. The second kappa shape index (κ2) is 9.42. The fourth-order valence-corrected chi connectivity index (χ4v) is 4.82. The Morgan fingerprint density at radius 1 is 0.944 bits per heavy atom. The quantitative estimate of drug-likeness (QED) is 0.323. The number of hydrogen-bond acceptors (Lipinski definition) is 4. The molecule has 0 saturated heterocycles. The number of amides is 1. The number of methoxy groups -OCH3 is 1. The number of carbonyl (C=O) groups excluding carboxylic acids is 2. The summed E-state index contributed by atoms with van der Waals surface area (Å²) in [5.41, 5.74) is 4.29. The zero-order valence-electron chi connectivity index (χ0n) is 20.7. The minimum Gasteiger partial charge on any atom is -0.497 e. The molecule has 1 amide bonds. The second-order valence-electron chi connectivity index (χ2n) is 9.73. The van der Waals surface area contributed by atoms with E-state index in [1.165, 1.54) is 0 Å². The van der Waals surface area contributed by atoms with E-state index in [4.69, 9.17) is 9.73 Å². The van der Waals surface area contributed by atoms with Gasteiger partial charge in [-0.2, -0.15) is 0 Å². The first kappa shape index (κ1) is 23.5. The topological polar surface area (TPSA) is 67.8 Å². The highest BCUT2D eigenvalue weighted by Gasteiger charge is 2.28. The van der Waals surface area contributed by atoms with E-state index in [0.717, 1.165) is 39.8 Å². The predicted molar refractivity (Wildman–Crippen MR) is 145 cm³/mol. The molecule has 0 fully saturated rings. The zero-order valence-corrected chi connectivity index (χ0v) is 20.7. The fraction of sp³-hybridized carbons (Fsp3) is 0.194. The van der Waals surface area contributed by atoms with Crippen LogP contribution in [-0.4, -0.2) is 30.1 Å². The summed E-state index contributed by atoms with van der Waals surface area (Å²) in [5, 5.41) is 4.84. The summed E-state index contributed by atoms with van der Waals surface area (Å²) in [7, 11) is 1.63. The molecule has 5 heteroatoms. The minimum atomic E-state index is -0.286. The molecule has 36 heavy (non-hydrogen) atoms. The van der Waals surface area contributed by atoms with Crippen molar-refractivity contribution in [1.29, 1.82) is 0 Å². The lowest BCUT2D eigenvalue weighted by Crippen LogP contribution is -2.30. The molecular formula is C31H28N2O3. The van der Waals surface area contributed by atoms with E-state index >= 15 is 0 Å². The van der Waals surface area contributed by atoms with E-state index < -0.39 is 0 Å². The molecule has 5 nitrogen and oxygen atoms in total. The molecule has 0 atom stereocenters. The van der Waals surface area contributed by atoms with Gasteiger partial charge in [-0.15, -0.1) is 0 Å². The normalized spacial score (nSPS) is 14.0. The number of nitrogens with zero attached hydrogens (tertiary/aromatic N) is 1. The van der Waals surface area contributed by atoms with Gasteiger partial charge >= 0.3 is 0 Å². The predicted octanol–water partition coefficient (Wildman–Crippen LogP) is 6.50. The van der Waals surface area contributed by atoms with E-state index in [1.807, 2.05) is 48.5 Å². The van der Waals surface area contributed by atoms with Crippen LogP contribution in [0.5, 0.6) is 5.75 Å². The van der Waals surface area contributed by atoms with Crippen LogP contribution < -0.4 is 10.1 Å². The van der Waals surface area contributed by atoms with Gasteiger partial charge < -0.3 is 10.1 Å². The Hall–Kier alpha value is -4.25. The molecule has 0 spiro atoms. The highest BCUT2D eigenvalue weighted by molar-refractivity contribution is 6.17. The van der Waals surface area contributed by atoms with Crippen molar-refractivity contribution in [3.05, 3.63) is 107 Å². The number of anilines is 1. The Kier molecular flexibility index (Phi) is 6.15. The first-order chi connectivity index (χ1) is 17.3. The number of ether oxygens (including phenoxy) is 1. The summed E-state index contributed by atoms with van der Waals surface area (Å²) in [4.78, 5) is 31.3. The fourth-order valence-electron chi connectivity index (χ4n) is 4.82. The van der Waals surface area contributed by atoms with Gasteiger partial charge in [0.25, 0.3) is 5.91 Å². The van der Waals surface area contributed by atoms with Gasteiger partial charge in [-0.1, -0.05) is 54.6 Å². The van der Waals surface area contributed by atoms with E-state index in [2.05, 4.69) is 25.2 Å². The van der Waals surface area contributed by atoms with Crippen LogP contribution in [0.1, 0.15) is 52.1 Å². The SMILES string of the molecule is COc1ccc2c(c1)C(CC(=O)c1cccc(NC(=O)c3cccc4ccccc34)c1)=NC(C)(C)C2. The third kappa shape index (κ3) is 4.78. The van der Waals surface area contributed by atoms with E-state index in [1.54, 1.807) is 37.4 Å². The molecule has 5 rings (SSSR count). The summed E-state index contributed by atoms with van der Waals surface area (Å²) in [6, 6.07) is 26.5. The molecule has 0 aliphatic carbocycles. The van der Waals surface area contributed by atoms with Crippen LogP contribution in [0.15, 0.2) is 89.9 Å². The summed E-state index contributed by atoms with van der Waals surface area (Å²) >= 11 is 0. The van der Waals surface area contributed by atoms with Gasteiger partial charge in [0.15, 0.2) is 5.78 Å². The van der Waals surface area contributed by atoms with E-state index in [9.17, 15) is 9.59 Å². The highest BCUT2D eigenvalue weighted by atomic mass is 16.5. The number of rotatable bonds is 6. The Morgan fingerprint density at radius 3 is 2.56 bits per heavy atom. The average molecular weight is 477 g/mol. The van der Waals surface area contributed by atoms with Crippen LogP contribution in [0.25, 0.3) is 10.8 Å². The van der Waals surface area contributed by atoms with Crippen molar-refractivity contribution in [2.45, 2.75) is 32.2 Å². The molecule has 0 saturated carbocycles. The molecule has 1 aliphatic heterocycles. The Morgan fingerprint density at radius 2 is 1.72 bits per heavy atom. The maximum absolute atomic E-state index is 13.3. The number of hydrogen-bond donors (Lipinski definition) is 1. The smallest absolute Gasteiger partial charge is 0.256 e.